The number of hydrogen-bond acceptors (Lipinski definition) is 0. The first-order chi connectivity index (χ1) is 4.00. The minimum atomic E-state index is 0. The molecule has 0 aliphatic carbocycles. The van der Waals surface area contributed by atoms with Crippen molar-refractivity contribution in [2.24, 2.45) is 0 Å². The van der Waals surface area contributed by atoms with Gasteiger partial charge in [0.25, 0.3) is 0 Å². The zero-order valence-electron chi connectivity index (χ0n) is 9.86. The van der Waals surface area contributed by atoms with E-state index in [0.29, 0.717) is 0 Å². The van der Waals surface area contributed by atoms with Crippen molar-refractivity contribution >= 4 is 0 Å². The Bertz CT molecular complexity index is 7.80. The summed E-state index contributed by atoms with van der Waals surface area (Å²) in [6, 6.07) is 0. The Morgan fingerprint density at radius 2 is 0.583 bits per heavy atom. The van der Waals surface area contributed by atoms with E-state index in [1.165, 1.54) is 0 Å². The van der Waals surface area contributed by atoms with Gasteiger partial charge in [0.05, 0.1) is 0 Å². The zero-order valence-corrected chi connectivity index (χ0v) is 19.4. The molecule has 0 aliphatic rings. The predicted molar refractivity (Wildman–Crippen MR) is 58.2 cm³/mol. The molecule has 0 fully saturated rings. The largest absolute Gasteiger partial charge is 0.358 e. The molecule has 0 aromatic carbocycles. The molecule has 2 heteroatoms. The van der Waals surface area contributed by atoms with Gasteiger partial charge in [-0.05, 0) is 0 Å². The Hall–Kier alpha value is 2.88. The van der Waals surface area contributed by atoms with E-state index in [1.54, 1.807) is 6.92 Å². The fourth-order valence-corrected chi connectivity index (χ4v) is 0. The third-order valence-corrected chi connectivity index (χ3v) is 0. The molecule has 0 unspecified atom stereocenters. The van der Waals surface area contributed by atoms with Crippen LogP contribution >= 0.6 is 0 Å². The first-order valence-electron chi connectivity index (χ1n) is 3.71. The van der Waals surface area contributed by atoms with Crippen LogP contribution in [0.1, 0.15) is 55.9 Å². The van der Waals surface area contributed by atoms with Crippen molar-refractivity contribution in [3.63, 3.8) is 0 Å². The van der Waals surface area contributed by atoms with Gasteiger partial charge in [-0.15, -0.1) is 0 Å². The normalized spacial score (nSPS) is 2.00. The summed E-state index contributed by atoms with van der Waals surface area (Å²) < 4.78 is 0. The van der Waals surface area contributed by atoms with Crippen molar-refractivity contribution in [2.75, 3.05) is 0 Å². The van der Waals surface area contributed by atoms with Crippen molar-refractivity contribution in [1.82, 2.24) is 0 Å². The third kappa shape index (κ3) is 219. The van der Waals surface area contributed by atoms with Crippen LogP contribution in [0.25, 0.3) is 0 Å². The van der Waals surface area contributed by atoms with Crippen LogP contribution in [-0.4, -0.2) is 0 Å². The number of rotatable bonds is 0. The van der Waals surface area contributed by atoms with E-state index in [1.807, 2.05) is 41.5 Å². The van der Waals surface area contributed by atoms with E-state index in [9.17, 15) is 0 Å². The van der Waals surface area contributed by atoms with E-state index in [-0.39, 0.29) is 103 Å². The molecule has 2 radical (unpaired) electrons. The number of hydrogen-bond donors (Lipinski definition) is 0. The average Bonchev–Trinajstić information content (AvgIpc) is 2.03. The molecule has 0 atom stereocenters. The Morgan fingerprint density at radius 3 is 0.583 bits per heavy atom. The molecule has 0 aromatic rings. The van der Waals surface area contributed by atoms with Crippen molar-refractivity contribution < 1.29 is 88.1 Å². The average molecular weight is 604 g/mol. The van der Waals surface area contributed by atoms with Crippen LogP contribution in [-0.2, 0) is 0 Å². The SMILES string of the molecule is C.CC.CC.CC.[Ac].[Ac].[CH2-]C.[CH3-]. The maximum Gasteiger partial charge on any atom is 0 e. The van der Waals surface area contributed by atoms with E-state index >= 15 is 0 Å². The fourth-order valence-electron chi connectivity index (χ4n) is 0. The second kappa shape index (κ2) is 277. The van der Waals surface area contributed by atoms with Crippen LogP contribution in [0.15, 0.2) is 0 Å². The van der Waals surface area contributed by atoms with Gasteiger partial charge in [0, 0.05) is 88.1 Å². The Kier molecular flexibility index (Phi) is 1400. The summed E-state index contributed by atoms with van der Waals surface area (Å²) in [4.78, 5) is 0. The van der Waals surface area contributed by atoms with Crippen molar-refractivity contribution in [2.45, 2.75) is 55.9 Å². The maximum atomic E-state index is 3.25. The van der Waals surface area contributed by atoms with Crippen molar-refractivity contribution in [1.29, 1.82) is 0 Å². The second-order valence-electron chi connectivity index (χ2n) is 0. The molecule has 78 valence electrons. The standard InChI is InChI=1S/3C2H6.C2H5.CH4.CH3.2Ac/c4*1-2;;;;/h3*1-2H3;1H2,2H3;1H4;1H3;;/q;;;-1;;-1;;. The molecule has 0 heterocycles. The van der Waals surface area contributed by atoms with Gasteiger partial charge in [0.1, 0.15) is 0 Å². The molecule has 0 nitrogen and oxygen atoms in total. The van der Waals surface area contributed by atoms with Gasteiger partial charge in [-0.3, -0.25) is 0 Å². The Labute approximate surface area is 155 Å². The zero-order chi connectivity index (χ0) is 8.00. The topological polar surface area (TPSA) is 0 Å². The minimum Gasteiger partial charge on any atom is -0.358 e. The summed E-state index contributed by atoms with van der Waals surface area (Å²) in [7, 11) is 0. The van der Waals surface area contributed by atoms with Gasteiger partial charge in [-0.2, -0.15) is 6.92 Å². The first-order valence-corrected chi connectivity index (χ1v) is 3.71. The van der Waals surface area contributed by atoms with Gasteiger partial charge >= 0.3 is 0 Å². The summed E-state index contributed by atoms with van der Waals surface area (Å²) in [6.07, 6.45) is 0. The van der Waals surface area contributed by atoms with E-state index in [0.717, 1.165) is 0 Å². The minimum absolute atomic E-state index is 0. The Morgan fingerprint density at radius 1 is 0.583 bits per heavy atom. The molecule has 0 rings (SSSR count). The molecule has 12 heavy (non-hydrogen) atoms. The van der Waals surface area contributed by atoms with Crippen molar-refractivity contribution in [3.8, 4) is 0 Å². The van der Waals surface area contributed by atoms with Gasteiger partial charge in [-0.25, -0.2) is 0 Å². The molecule has 0 N–H and O–H groups in total. The molecule has 0 bridgehead atoms. The predicted octanol–water partition coefficient (Wildman–Crippen LogP) is 5.01. The second-order valence-corrected chi connectivity index (χ2v) is 0. The summed E-state index contributed by atoms with van der Waals surface area (Å²) in [5.41, 5.74) is 0. The molecule has 0 saturated heterocycles. The summed E-state index contributed by atoms with van der Waals surface area (Å²) in [5.74, 6) is 0. The molecule has 0 amide bonds. The summed E-state index contributed by atoms with van der Waals surface area (Å²) in [6.45, 7) is 17.0. The maximum absolute atomic E-state index is 3.25. The molecule has 0 aliphatic heterocycles. The van der Waals surface area contributed by atoms with Gasteiger partial charge in [0.2, 0.25) is 0 Å². The fraction of sp³-hybridized carbons (Fsp3) is 0.800. The van der Waals surface area contributed by atoms with Crippen LogP contribution in [0.5, 0.6) is 0 Å². The molecule has 0 saturated carbocycles. The van der Waals surface area contributed by atoms with Crippen molar-refractivity contribution in [3.05, 3.63) is 14.4 Å². The van der Waals surface area contributed by atoms with E-state index < -0.39 is 0 Å². The Balaban J connectivity index is -0.00000000267. The monoisotopic (exact) mass is 604 g/mol. The van der Waals surface area contributed by atoms with Crippen LogP contribution in [0, 0.1) is 102 Å². The van der Waals surface area contributed by atoms with Crippen LogP contribution < -0.4 is 0 Å². The van der Waals surface area contributed by atoms with Gasteiger partial charge < -0.3 is 14.4 Å². The quantitative estimate of drug-likeness (QED) is 0.342. The smallest absolute Gasteiger partial charge is 0 e. The van der Waals surface area contributed by atoms with Gasteiger partial charge in [0.15, 0.2) is 0 Å². The first kappa shape index (κ1) is 60.5. The van der Waals surface area contributed by atoms with E-state index in [4.69, 9.17) is 0 Å². The third-order valence-electron chi connectivity index (χ3n) is 0. The molecular weight excluding hydrogens is 574 g/mol. The van der Waals surface area contributed by atoms with Gasteiger partial charge in [-0.1, -0.05) is 49.0 Å². The van der Waals surface area contributed by atoms with Crippen LogP contribution in [0.2, 0.25) is 0 Å². The van der Waals surface area contributed by atoms with Crippen LogP contribution in [0.3, 0.4) is 0 Å². The molecular formula is C10H30Ac2-2. The van der Waals surface area contributed by atoms with Crippen LogP contribution in [0.4, 0.5) is 0 Å². The van der Waals surface area contributed by atoms with E-state index in [2.05, 4.69) is 6.92 Å². The molecule has 0 spiro atoms. The summed E-state index contributed by atoms with van der Waals surface area (Å²) >= 11 is 0. The molecule has 0 aromatic heterocycles. The summed E-state index contributed by atoms with van der Waals surface area (Å²) in [5, 5.41) is 0.